The SMILES string of the molecule is CN(Cc1cn[nH]c1)S(=O)(=O)N1CCOCC1. The fraction of sp³-hybridized carbons (Fsp3) is 0.667. The Hall–Kier alpha value is -0.960. The van der Waals surface area contributed by atoms with Crippen molar-refractivity contribution in [2.45, 2.75) is 6.54 Å². The number of rotatable bonds is 4. The third kappa shape index (κ3) is 2.83. The Labute approximate surface area is 101 Å². The lowest BCUT2D eigenvalue weighted by molar-refractivity contribution is 0.0705. The summed E-state index contributed by atoms with van der Waals surface area (Å²) < 4.78 is 32.3. The summed E-state index contributed by atoms with van der Waals surface area (Å²) in [4.78, 5) is 0. The average molecular weight is 260 g/mol. The third-order valence-electron chi connectivity index (χ3n) is 2.65. The maximum absolute atomic E-state index is 12.2. The summed E-state index contributed by atoms with van der Waals surface area (Å²) in [6.07, 6.45) is 3.30. The maximum Gasteiger partial charge on any atom is 0.282 e. The normalized spacial score (nSPS) is 18.7. The van der Waals surface area contributed by atoms with Crippen LogP contribution < -0.4 is 0 Å². The second-order valence-electron chi connectivity index (χ2n) is 3.88. The molecule has 0 saturated carbocycles. The van der Waals surface area contributed by atoms with Crippen molar-refractivity contribution in [1.82, 2.24) is 18.8 Å². The molecule has 1 aromatic heterocycles. The number of ether oxygens (including phenoxy) is 1. The second kappa shape index (κ2) is 5.13. The number of aromatic amines is 1. The van der Waals surface area contributed by atoms with E-state index in [2.05, 4.69) is 10.2 Å². The van der Waals surface area contributed by atoms with Crippen LogP contribution in [0.2, 0.25) is 0 Å². The van der Waals surface area contributed by atoms with Gasteiger partial charge in [0.25, 0.3) is 10.2 Å². The van der Waals surface area contributed by atoms with Gasteiger partial charge in [0, 0.05) is 38.4 Å². The van der Waals surface area contributed by atoms with Crippen LogP contribution in [-0.2, 0) is 21.5 Å². The predicted octanol–water partition coefficient (Wildman–Crippen LogP) is -0.581. The second-order valence-corrected chi connectivity index (χ2v) is 5.92. The van der Waals surface area contributed by atoms with Crippen LogP contribution in [0.5, 0.6) is 0 Å². The molecule has 96 valence electrons. The van der Waals surface area contributed by atoms with Crippen molar-refractivity contribution in [3.8, 4) is 0 Å². The monoisotopic (exact) mass is 260 g/mol. The lowest BCUT2D eigenvalue weighted by atomic mass is 10.4. The number of hydrogen-bond acceptors (Lipinski definition) is 4. The summed E-state index contributed by atoms with van der Waals surface area (Å²) in [5.41, 5.74) is 0.837. The fourth-order valence-corrected chi connectivity index (χ4v) is 2.99. The minimum absolute atomic E-state index is 0.316. The van der Waals surface area contributed by atoms with Gasteiger partial charge in [0.15, 0.2) is 0 Å². The molecule has 0 spiro atoms. The molecule has 2 rings (SSSR count). The molecule has 7 nitrogen and oxygen atoms in total. The number of nitrogens with zero attached hydrogens (tertiary/aromatic N) is 3. The van der Waals surface area contributed by atoms with Crippen LogP contribution in [0.4, 0.5) is 0 Å². The molecule has 0 aromatic carbocycles. The molecule has 17 heavy (non-hydrogen) atoms. The van der Waals surface area contributed by atoms with Gasteiger partial charge in [-0.2, -0.15) is 22.1 Å². The van der Waals surface area contributed by atoms with Crippen molar-refractivity contribution >= 4 is 10.2 Å². The smallest absolute Gasteiger partial charge is 0.282 e. The Balaban J connectivity index is 2.03. The van der Waals surface area contributed by atoms with Crippen molar-refractivity contribution in [1.29, 1.82) is 0 Å². The molecule has 0 aliphatic carbocycles. The zero-order valence-corrected chi connectivity index (χ0v) is 10.5. The first-order chi connectivity index (χ1) is 8.10. The van der Waals surface area contributed by atoms with E-state index < -0.39 is 10.2 Å². The van der Waals surface area contributed by atoms with E-state index in [1.54, 1.807) is 19.4 Å². The fourth-order valence-electron chi connectivity index (χ4n) is 1.68. The topological polar surface area (TPSA) is 78.5 Å². The van der Waals surface area contributed by atoms with Crippen molar-refractivity contribution in [3.63, 3.8) is 0 Å². The molecule has 0 amide bonds. The van der Waals surface area contributed by atoms with Gasteiger partial charge in [-0.3, -0.25) is 5.10 Å². The first kappa shape index (κ1) is 12.5. The molecule has 2 heterocycles. The highest BCUT2D eigenvalue weighted by Gasteiger charge is 2.28. The Morgan fingerprint density at radius 1 is 1.53 bits per heavy atom. The molecule has 1 aliphatic rings. The van der Waals surface area contributed by atoms with Gasteiger partial charge in [0.05, 0.1) is 19.4 Å². The van der Waals surface area contributed by atoms with Crippen LogP contribution in [0.25, 0.3) is 0 Å². The van der Waals surface area contributed by atoms with Gasteiger partial charge >= 0.3 is 0 Å². The molecule has 0 atom stereocenters. The molecule has 1 fully saturated rings. The molecule has 1 saturated heterocycles. The first-order valence-corrected chi connectivity index (χ1v) is 6.77. The van der Waals surface area contributed by atoms with E-state index in [-0.39, 0.29) is 0 Å². The standard InChI is InChI=1S/C9H16N4O3S/c1-12(8-9-6-10-11-7-9)17(14,15)13-2-4-16-5-3-13/h6-7H,2-5,8H2,1H3,(H,10,11). The van der Waals surface area contributed by atoms with Crippen molar-refractivity contribution < 1.29 is 13.2 Å². The molecule has 8 heteroatoms. The number of hydrogen-bond donors (Lipinski definition) is 1. The summed E-state index contributed by atoms with van der Waals surface area (Å²) >= 11 is 0. The zero-order chi connectivity index (χ0) is 12.3. The van der Waals surface area contributed by atoms with Crippen LogP contribution >= 0.6 is 0 Å². The minimum atomic E-state index is -3.39. The van der Waals surface area contributed by atoms with Crippen LogP contribution in [0.1, 0.15) is 5.56 Å². The lowest BCUT2D eigenvalue weighted by Gasteiger charge is -2.29. The third-order valence-corrected chi connectivity index (χ3v) is 4.58. The molecule has 1 aliphatic heterocycles. The van der Waals surface area contributed by atoms with E-state index in [0.29, 0.717) is 32.8 Å². The molecule has 0 unspecified atom stereocenters. The van der Waals surface area contributed by atoms with Gasteiger partial charge in [-0.1, -0.05) is 0 Å². The van der Waals surface area contributed by atoms with E-state index in [1.165, 1.54) is 8.61 Å². The van der Waals surface area contributed by atoms with Gasteiger partial charge in [-0.15, -0.1) is 0 Å². The van der Waals surface area contributed by atoms with Crippen LogP contribution in [0.15, 0.2) is 12.4 Å². The van der Waals surface area contributed by atoms with E-state index in [1.807, 2.05) is 0 Å². The van der Waals surface area contributed by atoms with Gasteiger partial charge in [0.1, 0.15) is 0 Å². The highest BCUT2D eigenvalue weighted by atomic mass is 32.2. The summed E-state index contributed by atoms with van der Waals surface area (Å²) in [5.74, 6) is 0. The van der Waals surface area contributed by atoms with Crippen molar-refractivity contribution in [2.75, 3.05) is 33.4 Å². The van der Waals surface area contributed by atoms with Crippen molar-refractivity contribution in [2.24, 2.45) is 0 Å². The minimum Gasteiger partial charge on any atom is -0.379 e. The summed E-state index contributed by atoms with van der Waals surface area (Å²) in [6.45, 7) is 2.06. The van der Waals surface area contributed by atoms with Crippen LogP contribution in [0.3, 0.4) is 0 Å². The first-order valence-electron chi connectivity index (χ1n) is 5.37. The summed E-state index contributed by atoms with van der Waals surface area (Å²) in [7, 11) is -1.83. The van der Waals surface area contributed by atoms with Crippen LogP contribution in [-0.4, -0.2) is 60.6 Å². The maximum atomic E-state index is 12.2. The van der Waals surface area contributed by atoms with E-state index in [0.717, 1.165) is 5.56 Å². The molecular weight excluding hydrogens is 244 g/mol. The highest BCUT2D eigenvalue weighted by molar-refractivity contribution is 7.86. The molecule has 1 aromatic rings. The van der Waals surface area contributed by atoms with Gasteiger partial charge in [-0.05, 0) is 0 Å². The zero-order valence-electron chi connectivity index (χ0n) is 9.66. The summed E-state index contributed by atoms with van der Waals surface area (Å²) in [6, 6.07) is 0. The summed E-state index contributed by atoms with van der Waals surface area (Å²) in [5, 5.41) is 6.45. The largest absolute Gasteiger partial charge is 0.379 e. The number of nitrogens with one attached hydrogen (secondary N) is 1. The van der Waals surface area contributed by atoms with E-state index in [4.69, 9.17) is 4.74 Å². The molecule has 0 bridgehead atoms. The van der Waals surface area contributed by atoms with Crippen molar-refractivity contribution in [3.05, 3.63) is 18.0 Å². The van der Waals surface area contributed by atoms with E-state index >= 15 is 0 Å². The highest BCUT2D eigenvalue weighted by Crippen LogP contribution is 2.12. The molecular formula is C9H16N4O3S. The Morgan fingerprint density at radius 2 is 2.24 bits per heavy atom. The van der Waals surface area contributed by atoms with Gasteiger partial charge in [0.2, 0.25) is 0 Å². The molecule has 0 radical (unpaired) electrons. The Bertz CT molecular complexity index is 439. The quantitative estimate of drug-likeness (QED) is 0.785. The Kier molecular flexibility index (Phi) is 3.77. The van der Waals surface area contributed by atoms with E-state index in [9.17, 15) is 8.42 Å². The predicted molar refractivity (Wildman–Crippen MR) is 61.4 cm³/mol. The Morgan fingerprint density at radius 3 is 2.82 bits per heavy atom. The van der Waals surface area contributed by atoms with Crippen LogP contribution in [0, 0.1) is 0 Å². The average Bonchev–Trinajstić information content (AvgIpc) is 2.83. The van der Waals surface area contributed by atoms with Gasteiger partial charge in [-0.25, -0.2) is 0 Å². The number of aromatic nitrogens is 2. The lowest BCUT2D eigenvalue weighted by Crippen LogP contribution is -2.46. The number of H-pyrrole nitrogens is 1. The van der Waals surface area contributed by atoms with Gasteiger partial charge < -0.3 is 4.74 Å². The molecule has 1 N–H and O–H groups in total. The number of morpholine rings is 1.